The molecule has 336 valence electrons. The third kappa shape index (κ3) is 7.14. The molecule has 2 aliphatic heterocycles. The highest BCUT2D eigenvalue weighted by Crippen LogP contribution is 2.64. The lowest BCUT2D eigenvalue weighted by Crippen LogP contribution is -2.82. The lowest BCUT2D eigenvalue weighted by molar-refractivity contribution is -0.345. The van der Waals surface area contributed by atoms with Gasteiger partial charge in [0.25, 0.3) is 5.91 Å². The first-order valence-corrected chi connectivity index (χ1v) is 21.3. The van der Waals surface area contributed by atoms with E-state index in [1.165, 1.54) is 32.1 Å². The Morgan fingerprint density at radius 1 is 0.859 bits per heavy atom. The number of carbonyl (C=O) groups is 6. The van der Waals surface area contributed by atoms with Crippen molar-refractivity contribution in [1.82, 2.24) is 5.32 Å². The van der Waals surface area contributed by atoms with Crippen molar-refractivity contribution < 1.29 is 67.8 Å². The number of fused-ring (bicyclic) bond motifs is 3. The highest BCUT2D eigenvalue weighted by molar-refractivity contribution is 5.96. The Labute approximate surface area is 369 Å². The number of aliphatic hydroxyl groups is 3. The number of nitrogens with one attached hydrogen (secondary N) is 1. The molecular weight excluding hydrogens is 827 g/mol. The largest absolute Gasteiger partial charge is 0.456 e. The zero-order valence-electron chi connectivity index (χ0n) is 36.0. The minimum Gasteiger partial charge on any atom is -0.456 e. The lowest BCUT2D eigenvalue weighted by atomic mass is 9.44. The van der Waals surface area contributed by atoms with Crippen molar-refractivity contribution >= 4 is 35.6 Å². The Bertz CT molecular complexity index is 2450. The fourth-order valence-electron chi connectivity index (χ4n) is 10.8. The molecule has 64 heavy (non-hydrogen) atoms. The number of aliphatic hydroxyl groups excluding tert-OH is 2. The summed E-state index contributed by atoms with van der Waals surface area (Å²) in [6.45, 7) is 6.83. The molecule has 8 rings (SSSR count). The van der Waals surface area contributed by atoms with Crippen LogP contribution >= 0.6 is 0 Å². The van der Waals surface area contributed by atoms with Crippen LogP contribution in [0.25, 0.3) is 0 Å². The summed E-state index contributed by atoms with van der Waals surface area (Å²) in [4.78, 5) is 85.5. The van der Waals surface area contributed by atoms with E-state index >= 15 is 4.79 Å². The van der Waals surface area contributed by atoms with Crippen LogP contribution in [0.5, 0.6) is 0 Å². The van der Waals surface area contributed by atoms with Crippen LogP contribution in [0.15, 0.2) is 108 Å². The van der Waals surface area contributed by atoms with Gasteiger partial charge < -0.3 is 44.3 Å². The van der Waals surface area contributed by atoms with Crippen LogP contribution in [0.4, 0.5) is 0 Å². The fraction of sp³-hybridized carbons (Fsp3) is 0.429. The number of ketones is 1. The molecule has 4 N–H and O–H groups in total. The van der Waals surface area contributed by atoms with Gasteiger partial charge in [-0.3, -0.25) is 14.4 Å². The number of rotatable bonds is 5. The van der Waals surface area contributed by atoms with E-state index < -0.39 is 113 Å². The van der Waals surface area contributed by atoms with E-state index in [9.17, 15) is 39.3 Å². The molecular formula is C49H51NO14. The number of ether oxygens (including phenoxy) is 5. The monoisotopic (exact) mass is 877 g/mol. The molecule has 5 aliphatic rings. The predicted octanol–water partition coefficient (Wildman–Crippen LogP) is 3.83. The van der Waals surface area contributed by atoms with E-state index in [0.717, 1.165) is 13.0 Å². The normalized spacial score (nSPS) is 34.3. The van der Waals surface area contributed by atoms with E-state index in [2.05, 4.69) is 5.32 Å². The van der Waals surface area contributed by atoms with Crippen LogP contribution in [0.3, 0.4) is 0 Å². The molecule has 0 radical (unpaired) electrons. The van der Waals surface area contributed by atoms with Crippen molar-refractivity contribution in [2.24, 2.45) is 16.7 Å². The van der Waals surface area contributed by atoms with Gasteiger partial charge in [-0.1, -0.05) is 80.6 Å². The topological polar surface area (TPSA) is 221 Å². The van der Waals surface area contributed by atoms with Gasteiger partial charge in [0.05, 0.1) is 35.6 Å². The zero-order chi connectivity index (χ0) is 45.9. The molecule has 3 aliphatic carbocycles. The molecule has 2 heterocycles. The molecule has 11 atom stereocenters. The fourth-order valence-corrected chi connectivity index (χ4v) is 10.8. The van der Waals surface area contributed by atoms with Crippen molar-refractivity contribution in [2.45, 2.75) is 108 Å². The minimum absolute atomic E-state index is 0.000437. The molecule has 3 fully saturated rings. The van der Waals surface area contributed by atoms with Crippen molar-refractivity contribution in [3.63, 3.8) is 0 Å². The molecule has 3 aromatic carbocycles. The van der Waals surface area contributed by atoms with E-state index in [0.29, 0.717) is 11.1 Å². The van der Waals surface area contributed by atoms with Crippen LogP contribution < -0.4 is 5.32 Å². The van der Waals surface area contributed by atoms with Gasteiger partial charge in [0, 0.05) is 36.8 Å². The zero-order valence-corrected chi connectivity index (χ0v) is 36.0. The van der Waals surface area contributed by atoms with E-state index in [1.54, 1.807) is 86.6 Å². The maximum absolute atomic E-state index is 15.6. The number of hydrogen-bond acceptors (Lipinski definition) is 14. The first kappa shape index (κ1) is 44.6. The number of hydrogen-bond donors (Lipinski definition) is 4. The van der Waals surface area contributed by atoms with E-state index in [4.69, 9.17) is 23.7 Å². The van der Waals surface area contributed by atoms with Gasteiger partial charge in [0.1, 0.15) is 23.9 Å². The van der Waals surface area contributed by atoms with Crippen molar-refractivity contribution in [1.29, 1.82) is 0 Å². The summed E-state index contributed by atoms with van der Waals surface area (Å²) >= 11 is 0. The van der Waals surface area contributed by atoms with Crippen LogP contribution in [0.2, 0.25) is 0 Å². The van der Waals surface area contributed by atoms with E-state index in [1.807, 2.05) is 0 Å². The molecule has 1 spiro atoms. The quantitative estimate of drug-likeness (QED) is 0.163. The van der Waals surface area contributed by atoms with Crippen molar-refractivity contribution in [2.75, 3.05) is 6.61 Å². The van der Waals surface area contributed by atoms with Gasteiger partial charge in [-0.15, -0.1) is 0 Å². The van der Waals surface area contributed by atoms with Crippen molar-refractivity contribution in [3.8, 4) is 0 Å². The number of benzene rings is 3. The number of amides is 1. The highest BCUT2D eigenvalue weighted by atomic mass is 16.6. The highest BCUT2D eigenvalue weighted by Gasteiger charge is 2.78. The van der Waals surface area contributed by atoms with Gasteiger partial charge >= 0.3 is 23.9 Å². The first-order valence-electron chi connectivity index (χ1n) is 21.3. The molecule has 3 aromatic rings. The molecule has 15 heteroatoms. The summed E-state index contributed by atoms with van der Waals surface area (Å²) in [7, 11) is 0. The molecule has 0 aromatic heterocycles. The molecule has 2 saturated carbocycles. The molecule has 1 amide bonds. The predicted molar refractivity (Wildman–Crippen MR) is 225 cm³/mol. The molecule has 15 nitrogen and oxygen atoms in total. The Hall–Kier alpha value is -6.00. The first-order chi connectivity index (χ1) is 30.3. The van der Waals surface area contributed by atoms with Gasteiger partial charge in [-0.25, -0.2) is 14.4 Å². The van der Waals surface area contributed by atoms with Gasteiger partial charge in [0.15, 0.2) is 23.6 Å². The minimum atomic E-state index is -2.40. The molecule has 1 unspecified atom stereocenters. The SMILES string of the molecule is CC(=O)O[C@H]1C(=O)[C@@]2(C)C3[C@H](OC(=O)c4ccccc4)[C@]4(O)C[C@H](OC(=O)[C@H](O)[C@@H](NC(=O)c5ccccc5)c5ccccc5CC=CC(=O)O[C@]35CO[C@@H]5C[C@@H]2O)C(C)=C1C4(C)C. The second-order valence-corrected chi connectivity index (χ2v) is 18.1. The Balaban J connectivity index is 1.37. The Morgan fingerprint density at radius 2 is 1.50 bits per heavy atom. The number of esters is 4. The molecule has 1 saturated heterocycles. The van der Waals surface area contributed by atoms with Crippen LogP contribution in [0.1, 0.15) is 85.3 Å². The van der Waals surface area contributed by atoms with Gasteiger partial charge in [0.2, 0.25) is 0 Å². The number of carbonyl (C=O) groups excluding carboxylic acids is 6. The average Bonchev–Trinajstić information content (AvgIpc) is 3.26. The van der Waals surface area contributed by atoms with Gasteiger partial charge in [-0.05, 0) is 66.8 Å². The smallest absolute Gasteiger partial charge is 0.338 e. The van der Waals surface area contributed by atoms with Crippen LogP contribution in [0, 0.1) is 16.7 Å². The van der Waals surface area contributed by atoms with Crippen LogP contribution in [-0.2, 0) is 49.3 Å². The third-order valence-electron chi connectivity index (χ3n) is 14.3. The average molecular weight is 878 g/mol. The Morgan fingerprint density at radius 3 is 2.14 bits per heavy atom. The summed E-state index contributed by atoms with van der Waals surface area (Å²) in [6.07, 6.45) is -8.00. The summed E-state index contributed by atoms with van der Waals surface area (Å²) in [5.74, 6) is -7.02. The van der Waals surface area contributed by atoms with Crippen LogP contribution in [-0.4, -0.2) is 105 Å². The lowest BCUT2D eigenvalue weighted by Gasteiger charge is -2.67. The number of Topliss-reactive ketones (excluding diaryl/α,β-unsaturated/α-hetero) is 1. The Kier molecular flexibility index (Phi) is 11.5. The summed E-state index contributed by atoms with van der Waals surface area (Å²) < 4.78 is 30.9. The maximum atomic E-state index is 15.6. The summed E-state index contributed by atoms with van der Waals surface area (Å²) in [5, 5.41) is 40.8. The van der Waals surface area contributed by atoms with Gasteiger partial charge in [-0.2, -0.15) is 0 Å². The third-order valence-corrected chi connectivity index (χ3v) is 14.3. The summed E-state index contributed by atoms with van der Waals surface area (Å²) in [5.41, 5.74) is -6.68. The standard InChI is InChI=1S/C49H51NO14/c1-26-32-24-49(59)42(63-44(57)30-18-10-7-11-19-30)40-47(5,41(55)39(61-27(2)51)36(26)46(49,3)4)33(52)23-34-48(40,25-60-34)64-35(53)22-14-20-28-15-12-13-21-31(28)37(38(54)45(58)62-32)50-43(56)29-16-8-6-9-17-29/h6-19,21-22,32-34,37-40,42,52,54,59H,20,23-25H2,1-5H3,(H,50,56)/t32-,33-,34+,37-,38+,39+,40?,42-,47+,48-,49+/m0/s1. The second kappa shape index (κ2) is 16.5. The molecule has 4 bridgehead atoms. The van der Waals surface area contributed by atoms with E-state index in [-0.39, 0.29) is 41.7 Å². The maximum Gasteiger partial charge on any atom is 0.338 e. The summed E-state index contributed by atoms with van der Waals surface area (Å²) in [6, 6.07) is 21.3. The second-order valence-electron chi connectivity index (χ2n) is 18.1. The van der Waals surface area contributed by atoms with Crippen molar-refractivity contribution in [3.05, 3.63) is 130 Å². The number of allylic oxidation sites excluding steroid dienone is 1.